The molecule has 2 N–H and O–H groups in total. The van der Waals surface area contributed by atoms with Gasteiger partial charge in [-0.25, -0.2) is 0 Å². The van der Waals surface area contributed by atoms with Gasteiger partial charge in [0.15, 0.2) is 0 Å². The van der Waals surface area contributed by atoms with Crippen LogP contribution in [0.25, 0.3) is 0 Å². The molecule has 1 aromatic carbocycles. The Bertz CT molecular complexity index is 690. The van der Waals surface area contributed by atoms with Crippen molar-refractivity contribution in [2.24, 2.45) is 5.73 Å². The fourth-order valence-electron chi connectivity index (χ4n) is 1.85. The van der Waals surface area contributed by atoms with E-state index in [0.29, 0.717) is 13.1 Å². The Morgan fingerprint density at radius 1 is 1.26 bits per heavy atom. The lowest BCUT2D eigenvalue weighted by atomic mass is 10.1. The van der Waals surface area contributed by atoms with Crippen molar-refractivity contribution in [2.75, 3.05) is 6.54 Å². The van der Waals surface area contributed by atoms with Crippen LogP contribution in [0.5, 0.6) is 0 Å². The van der Waals surface area contributed by atoms with Gasteiger partial charge in [-0.1, -0.05) is 30.0 Å². The van der Waals surface area contributed by atoms with Crippen molar-refractivity contribution < 1.29 is 0 Å². The molecule has 0 aliphatic carbocycles. The van der Waals surface area contributed by atoms with Crippen LogP contribution >= 0.6 is 0 Å². The van der Waals surface area contributed by atoms with Gasteiger partial charge in [-0.3, -0.25) is 4.79 Å². The Morgan fingerprint density at radius 2 is 2.05 bits per heavy atom. The molecule has 0 bridgehead atoms. The lowest BCUT2D eigenvalue weighted by Gasteiger charge is -2.08. The van der Waals surface area contributed by atoms with Gasteiger partial charge in [0.1, 0.15) is 0 Å². The number of rotatable bonds is 2. The molecule has 96 valence electrons. The highest BCUT2D eigenvalue weighted by molar-refractivity contribution is 5.41. The second-order valence-electron chi connectivity index (χ2n) is 4.33. The van der Waals surface area contributed by atoms with Gasteiger partial charge in [-0.05, 0) is 30.2 Å². The normalized spacial score (nSPS) is 9.79. The zero-order chi connectivity index (χ0) is 13.7. The minimum Gasteiger partial charge on any atom is -0.320 e. The highest BCUT2D eigenvalue weighted by Crippen LogP contribution is 2.08. The topological polar surface area (TPSA) is 48.0 Å². The van der Waals surface area contributed by atoms with Crippen molar-refractivity contribution in [1.82, 2.24) is 4.57 Å². The molecule has 2 rings (SSSR count). The lowest BCUT2D eigenvalue weighted by Crippen LogP contribution is -2.19. The first-order valence-corrected chi connectivity index (χ1v) is 6.14. The number of benzene rings is 1. The average molecular weight is 252 g/mol. The van der Waals surface area contributed by atoms with Gasteiger partial charge in [0.05, 0.1) is 13.1 Å². The van der Waals surface area contributed by atoms with Gasteiger partial charge in [0.2, 0.25) is 0 Å². The Morgan fingerprint density at radius 3 is 2.79 bits per heavy atom. The van der Waals surface area contributed by atoms with Crippen LogP contribution in [0.3, 0.4) is 0 Å². The van der Waals surface area contributed by atoms with Crippen molar-refractivity contribution in [3.05, 3.63) is 69.6 Å². The number of aryl methyl sites for hydroxylation is 1. The quantitative estimate of drug-likeness (QED) is 0.824. The van der Waals surface area contributed by atoms with Crippen LogP contribution in [0.1, 0.15) is 16.7 Å². The highest BCUT2D eigenvalue weighted by atomic mass is 16.1. The molecule has 1 aromatic heterocycles. The van der Waals surface area contributed by atoms with Crippen molar-refractivity contribution in [3.63, 3.8) is 0 Å². The third-order valence-corrected chi connectivity index (χ3v) is 2.83. The second kappa shape index (κ2) is 6.03. The predicted molar refractivity (Wildman–Crippen MR) is 76.9 cm³/mol. The molecule has 2 aromatic rings. The summed E-state index contributed by atoms with van der Waals surface area (Å²) in [6.45, 7) is 2.76. The van der Waals surface area contributed by atoms with Crippen LogP contribution in [0.4, 0.5) is 0 Å². The van der Waals surface area contributed by atoms with Crippen LogP contribution in [0.15, 0.2) is 47.4 Å². The zero-order valence-electron chi connectivity index (χ0n) is 10.9. The Balaban J connectivity index is 2.35. The summed E-state index contributed by atoms with van der Waals surface area (Å²) in [6, 6.07) is 11.4. The number of pyridine rings is 1. The van der Waals surface area contributed by atoms with E-state index >= 15 is 0 Å². The van der Waals surface area contributed by atoms with E-state index in [1.54, 1.807) is 10.6 Å². The van der Waals surface area contributed by atoms with E-state index in [1.807, 2.05) is 43.5 Å². The highest BCUT2D eigenvalue weighted by Gasteiger charge is 2.02. The van der Waals surface area contributed by atoms with Gasteiger partial charge in [0, 0.05) is 17.8 Å². The molecule has 0 spiro atoms. The van der Waals surface area contributed by atoms with E-state index in [9.17, 15) is 4.79 Å². The predicted octanol–water partition coefficient (Wildman–Crippen LogP) is 1.52. The largest absolute Gasteiger partial charge is 0.320 e. The smallest absolute Gasteiger partial charge is 0.251 e. The summed E-state index contributed by atoms with van der Waals surface area (Å²) < 4.78 is 1.68. The molecule has 3 heteroatoms. The first kappa shape index (κ1) is 13.1. The number of hydrogen-bond acceptors (Lipinski definition) is 2. The molecule has 0 saturated carbocycles. The summed E-state index contributed by atoms with van der Waals surface area (Å²) in [5.74, 6) is 5.88. The molecule has 0 amide bonds. The van der Waals surface area contributed by atoms with E-state index in [2.05, 4.69) is 11.8 Å². The fraction of sp³-hybridized carbons (Fsp3) is 0.188. The van der Waals surface area contributed by atoms with Gasteiger partial charge in [-0.2, -0.15) is 0 Å². The summed E-state index contributed by atoms with van der Waals surface area (Å²) in [4.78, 5) is 11.9. The Hall–Kier alpha value is -2.31. The summed E-state index contributed by atoms with van der Waals surface area (Å²) in [6.07, 6.45) is 1.81. The molecule has 3 nitrogen and oxygen atoms in total. The molecule has 1 heterocycles. The standard InChI is InChI=1S/C16H16N2O/c1-13-8-10-18(16(19)11-13)12-15-6-3-2-5-14(15)7-4-9-17/h2-3,5-6,8,10-11H,9,12,17H2,1H3. The van der Waals surface area contributed by atoms with Crippen LogP contribution in [-0.4, -0.2) is 11.1 Å². The SMILES string of the molecule is Cc1ccn(Cc2ccccc2C#CCN)c(=O)c1. The molecular weight excluding hydrogens is 236 g/mol. The van der Waals surface area contributed by atoms with Crippen LogP contribution < -0.4 is 11.3 Å². The zero-order valence-corrected chi connectivity index (χ0v) is 10.9. The van der Waals surface area contributed by atoms with Gasteiger partial charge in [0.25, 0.3) is 5.56 Å². The van der Waals surface area contributed by atoms with E-state index < -0.39 is 0 Å². The minimum absolute atomic E-state index is 0.00147. The second-order valence-corrected chi connectivity index (χ2v) is 4.33. The monoisotopic (exact) mass is 252 g/mol. The maximum atomic E-state index is 11.9. The van der Waals surface area contributed by atoms with Gasteiger partial charge < -0.3 is 10.3 Å². The third-order valence-electron chi connectivity index (χ3n) is 2.83. The number of nitrogens with zero attached hydrogens (tertiary/aromatic N) is 1. The van der Waals surface area contributed by atoms with E-state index in [1.165, 1.54) is 0 Å². The number of nitrogens with two attached hydrogens (primary N) is 1. The summed E-state index contributed by atoms with van der Waals surface area (Å²) in [5.41, 5.74) is 8.30. The van der Waals surface area contributed by atoms with Crippen molar-refractivity contribution >= 4 is 0 Å². The van der Waals surface area contributed by atoms with Crippen molar-refractivity contribution in [2.45, 2.75) is 13.5 Å². The van der Waals surface area contributed by atoms with E-state index in [4.69, 9.17) is 5.73 Å². The lowest BCUT2D eigenvalue weighted by molar-refractivity contribution is 0.755. The molecule has 0 saturated heterocycles. The van der Waals surface area contributed by atoms with E-state index in [-0.39, 0.29) is 5.56 Å². The molecule has 0 aliphatic rings. The Labute approximate surface area is 112 Å². The van der Waals surface area contributed by atoms with Crippen molar-refractivity contribution in [3.8, 4) is 11.8 Å². The third kappa shape index (κ3) is 3.34. The van der Waals surface area contributed by atoms with Crippen LogP contribution in [-0.2, 0) is 6.54 Å². The first-order chi connectivity index (χ1) is 9.20. The Kier molecular flexibility index (Phi) is 4.17. The van der Waals surface area contributed by atoms with Gasteiger partial charge in [-0.15, -0.1) is 0 Å². The van der Waals surface area contributed by atoms with E-state index in [0.717, 1.165) is 16.7 Å². The average Bonchev–Trinajstić information content (AvgIpc) is 2.41. The minimum atomic E-state index is 0.00147. The molecule has 19 heavy (non-hydrogen) atoms. The number of aromatic nitrogens is 1. The van der Waals surface area contributed by atoms with Crippen LogP contribution in [0.2, 0.25) is 0 Å². The molecule has 0 aliphatic heterocycles. The van der Waals surface area contributed by atoms with Crippen molar-refractivity contribution in [1.29, 1.82) is 0 Å². The molecule has 0 atom stereocenters. The first-order valence-electron chi connectivity index (χ1n) is 6.14. The summed E-state index contributed by atoms with van der Waals surface area (Å²) >= 11 is 0. The summed E-state index contributed by atoms with van der Waals surface area (Å²) in [7, 11) is 0. The molecule has 0 unspecified atom stereocenters. The van der Waals surface area contributed by atoms with Gasteiger partial charge >= 0.3 is 0 Å². The maximum Gasteiger partial charge on any atom is 0.251 e. The summed E-state index contributed by atoms with van der Waals surface area (Å²) in [5, 5.41) is 0. The number of hydrogen-bond donors (Lipinski definition) is 1. The molecular formula is C16H16N2O. The van der Waals surface area contributed by atoms with Crippen LogP contribution in [0, 0.1) is 18.8 Å². The maximum absolute atomic E-state index is 11.9. The fourth-order valence-corrected chi connectivity index (χ4v) is 1.85. The molecule has 0 fully saturated rings. The molecule has 0 radical (unpaired) electrons.